The third kappa shape index (κ3) is 2.45. The van der Waals surface area contributed by atoms with E-state index in [0.29, 0.717) is 0 Å². The summed E-state index contributed by atoms with van der Waals surface area (Å²) in [4.78, 5) is 24.0. The summed E-state index contributed by atoms with van der Waals surface area (Å²) in [6.45, 7) is 0.794. The molecule has 2 rings (SSSR count). The zero-order valence-electron chi connectivity index (χ0n) is 9.84. The summed E-state index contributed by atoms with van der Waals surface area (Å²) in [6, 6.07) is 1.95. The van der Waals surface area contributed by atoms with Gasteiger partial charge >= 0.3 is 6.18 Å². The van der Waals surface area contributed by atoms with E-state index in [4.69, 9.17) is 0 Å². The van der Waals surface area contributed by atoms with Crippen LogP contribution in [-0.2, 0) is 4.79 Å². The third-order valence-corrected chi connectivity index (χ3v) is 2.84. The first-order chi connectivity index (χ1) is 8.70. The van der Waals surface area contributed by atoms with Gasteiger partial charge in [0.15, 0.2) is 0 Å². The molecular weight excluding hydrogens is 266 g/mol. The van der Waals surface area contributed by atoms with Crippen LogP contribution in [0.15, 0.2) is 12.1 Å². The molecule has 0 aromatic heterocycles. The van der Waals surface area contributed by atoms with Gasteiger partial charge in [0.1, 0.15) is 5.82 Å². The first-order valence-corrected chi connectivity index (χ1v) is 5.44. The fraction of sp³-hybridized carbons (Fsp3) is 0.333. The lowest BCUT2D eigenvalue weighted by Crippen LogP contribution is -2.33. The Hall–Kier alpha value is -1.92. The zero-order chi connectivity index (χ0) is 14.4. The van der Waals surface area contributed by atoms with Gasteiger partial charge in [-0.3, -0.25) is 9.59 Å². The number of fused-ring (bicyclic) bond motifs is 1. The van der Waals surface area contributed by atoms with Crippen molar-refractivity contribution in [3.05, 3.63) is 29.1 Å². The quantitative estimate of drug-likeness (QED) is 0.614. The van der Waals surface area contributed by atoms with Gasteiger partial charge in [0, 0.05) is 6.54 Å². The van der Waals surface area contributed by atoms with Crippen LogP contribution >= 0.6 is 0 Å². The molecule has 0 atom stereocenters. The van der Waals surface area contributed by atoms with Crippen molar-refractivity contribution in [1.29, 1.82) is 0 Å². The van der Waals surface area contributed by atoms with Gasteiger partial charge in [0.05, 0.1) is 17.7 Å². The van der Waals surface area contributed by atoms with Gasteiger partial charge in [-0.05, 0) is 24.6 Å². The van der Waals surface area contributed by atoms with Crippen molar-refractivity contribution in [3.63, 3.8) is 0 Å². The molecule has 0 fully saturated rings. The molecule has 0 unspecified atom stereocenters. The number of rotatable bonds is 2. The monoisotopic (exact) mass is 275 g/mol. The van der Waals surface area contributed by atoms with Crippen molar-refractivity contribution in [2.24, 2.45) is 0 Å². The lowest BCUT2D eigenvalue weighted by Gasteiger charge is -2.19. The van der Waals surface area contributed by atoms with Crippen LogP contribution in [0.4, 0.5) is 23.2 Å². The van der Waals surface area contributed by atoms with E-state index in [0.717, 1.165) is 17.0 Å². The molecule has 1 aromatic carbocycles. The van der Waals surface area contributed by atoms with Gasteiger partial charge in [0.2, 0.25) is 0 Å². The number of Topliss-reactive ketones (excluding diaryl/α,β-unsaturated/α-hetero) is 1. The first-order valence-electron chi connectivity index (χ1n) is 5.44. The number of carbonyl (C=O) groups is 2. The molecule has 102 valence electrons. The minimum Gasteiger partial charge on any atom is -0.304 e. The Morgan fingerprint density at radius 3 is 2.42 bits per heavy atom. The highest BCUT2D eigenvalue weighted by molar-refractivity contribution is 6.52. The van der Waals surface area contributed by atoms with Crippen molar-refractivity contribution in [3.8, 4) is 0 Å². The highest BCUT2D eigenvalue weighted by Crippen LogP contribution is 2.34. The van der Waals surface area contributed by atoms with E-state index in [1.165, 1.54) is 6.92 Å². The maximum absolute atomic E-state index is 13.2. The molecule has 19 heavy (non-hydrogen) atoms. The van der Waals surface area contributed by atoms with Crippen molar-refractivity contribution in [2.45, 2.75) is 19.5 Å². The fourth-order valence-electron chi connectivity index (χ4n) is 2.06. The van der Waals surface area contributed by atoms with Gasteiger partial charge in [0.25, 0.3) is 11.7 Å². The van der Waals surface area contributed by atoms with Crippen molar-refractivity contribution in [1.82, 2.24) is 0 Å². The van der Waals surface area contributed by atoms with Gasteiger partial charge in [-0.25, -0.2) is 4.39 Å². The van der Waals surface area contributed by atoms with Gasteiger partial charge < -0.3 is 4.90 Å². The number of amides is 1. The summed E-state index contributed by atoms with van der Waals surface area (Å²) < 4.78 is 49.7. The summed E-state index contributed by atoms with van der Waals surface area (Å²) in [6.07, 6.45) is -5.65. The molecule has 0 bridgehead atoms. The molecule has 0 aliphatic carbocycles. The first kappa shape index (κ1) is 13.5. The van der Waals surface area contributed by atoms with Crippen LogP contribution in [0, 0.1) is 12.7 Å². The molecule has 0 N–H and O–H groups in total. The largest absolute Gasteiger partial charge is 0.390 e. The van der Waals surface area contributed by atoms with Crippen LogP contribution in [0.2, 0.25) is 0 Å². The second kappa shape index (κ2) is 4.32. The summed E-state index contributed by atoms with van der Waals surface area (Å²) in [5.74, 6) is -2.72. The van der Waals surface area contributed by atoms with Gasteiger partial charge in [-0.1, -0.05) is 0 Å². The molecule has 0 radical (unpaired) electrons. The van der Waals surface area contributed by atoms with E-state index in [2.05, 4.69) is 0 Å². The molecule has 1 aliphatic rings. The molecule has 1 aromatic rings. The van der Waals surface area contributed by atoms with Crippen LogP contribution in [-0.4, -0.2) is 24.4 Å². The van der Waals surface area contributed by atoms with Crippen LogP contribution in [0.3, 0.4) is 0 Å². The number of halogens is 4. The van der Waals surface area contributed by atoms with E-state index in [1.54, 1.807) is 0 Å². The smallest absolute Gasteiger partial charge is 0.304 e. The Bertz CT molecular complexity index is 566. The number of nitrogens with zero attached hydrogens (tertiary/aromatic N) is 1. The topological polar surface area (TPSA) is 37.4 Å². The predicted molar refractivity (Wildman–Crippen MR) is 58.5 cm³/mol. The average Bonchev–Trinajstić information content (AvgIpc) is 2.50. The Morgan fingerprint density at radius 2 is 1.84 bits per heavy atom. The second-order valence-electron chi connectivity index (χ2n) is 4.27. The normalized spacial score (nSPS) is 15.1. The maximum atomic E-state index is 13.2. The van der Waals surface area contributed by atoms with Gasteiger partial charge in [-0.15, -0.1) is 0 Å². The van der Waals surface area contributed by atoms with E-state index in [-0.39, 0.29) is 16.8 Å². The number of hydrogen-bond acceptors (Lipinski definition) is 2. The van der Waals surface area contributed by atoms with Crippen molar-refractivity contribution >= 4 is 17.4 Å². The number of carbonyl (C=O) groups excluding carboxylic acids is 2. The number of alkyl halides is 3. The standard InChI is InChI=1S/C12H9F4NO2/c1-6-4-7(13)5-8-9(6)17(11(19)10(8)18)3-2-12(14,15)16/h4-5H,2-3H2,1H3. The summed E-state index contributed by atoms with van der Waals surface area (Å²) in [5.41, 5.74) is 0.154. The van der Waals surface area contributed by atoms with Gasteiger partial charge in [-0.2, -0.15) is 13.2 Å². The molecule has 3 nitrogen and oxygen atoms in total. The zero-order valence-corrected chi connectivity index (χ0v) is 9.84. The van der Waals surface area contributed by atoms with Crippen molar-refractivity contribution in [2.75, 3.05) is 11.4 Å². The number of ketones is 1. The minimum absolute atomic E-state index is 0.0700. The molecule has 1 aliphatic heterocycles. The second-order valence-corrected chi connectivity index (χ2v) is 4.27. The average molecular weight is 275 g/mol. The number of aryl methyl sites for hydroxylation is 1. The van der Waals surface area contributed by atoms with Crippen molar-refractivity contribution < 1.29 is 27.2 Å². The van der Waals surface area contributed by atoms with E-state index in [1.807, 2.05) is 0 Å². The van der Waals surface area contributed by atoms with Crippen LogP contribution in [0.25, 0.3) is 0 Å². The molecule has 0 saturated heterocycles. The molecule has 0 spiro atoms. The molecular formula is C12H9F4NO2. The molecule has 1 heterocycles. The Kier molecular flexibility index (Phi) is 3.07. The van der Waals surface area contributed by atoms with Crippen LogP contribution < -0.4 is 4.90 Å². The lowest BCUT2D eigenvalue weighted by molar-refractivity contribution is -0.133. The van der Waals surface area contributed by atoms with Crippen LogP contribution in [0.1, 0.15) is 22.3 Å². The number of anilines is 1. The predicted octanol–water partition coefficient (Wildman–Crippen LogP) is 2.62. The summed E-state index contributed by atoms with van der Waals surface area (Å²) in [7, 11) is 0. The highest BCUT2D eigenvalue weighted by Gasteiger charge is 2.39. The number of hydrogen-bond donors (Lipinski definition) is 0. The van der Waals surface area contributed by atoms with E-state index in [9.17, 15) is 27.2 Å². The van der Waals surface area contributed by atoms with E-state index >= 15 is 0 Å². The lowest BCUT2D eigenvalue weighted by atomic mass is 10.1. The highest BCUT2D eigenvalue weighted by atomic mass is 19.4. The Labute approximate surface area is 105 Å². The summed E-state index contributed by atoms with van der Waals surface area (Å²) in [5, 5.41) is 0. The fourth-order valence-corrected chi connectivity index (χ4v) is 2.06. The molecule has 0 saturated carbocycles. The number of benzene rings is 1. The SMILES string of the molecule is Cc1cc(F)cc2c1N(CCC(F)(F)F)C(=O)C2=O. The summed E-state index contributed by atoms with van der Waals surface area (Å²) >= 11 is 0. The Morgan fingerprint density at radius 1 is 1.21 bits per heavy atom. The molecule has 7 heteroatoms. The molecule has 1 amide bonds. The Balaban J connectivity index is 2.39. The van der Waals surface area contributed by atoms with Crippen LogP contribution in [0.5, 0.6) is 0 Å². The minimum atomic E-state index is -4.43. The van der Waals surface area contributed by atoms with E-state index < -0.39 is 36.6 Å². The maximum Gasteiger partial charge on any atom is 0.390 e. The third-order valence-electron chi connectivity index (χ3n) is 2.84.